The van der Waals surface area contributed by atoms with E-state index < -0.39 is 0 Å². The average molecular weight is 398 g/mol. The van der Waals surface area contributed by atoms with Crippen LogP contribution in [0.3, 0.4) is 0 Å². The third-order valence-corrected chi connectivity index (χ3v) is 5.46. The molecule has 0 spiro atoms. The SMILES string of the molecule is O=C(OC1CCCN(c2ccnc(-c3cnc4ccc(Cl)cn34)n2)C1)C1CC1. The average Bonchev–Trinajstić information content (AvgIpc) is 3.49. The maximum atomic E-state index is 12.0. The standard InChI is InChI=1S/C20H20ClN5O2/c21-14-5-6-17-23-10-16(26(17)11-14)19-22-8-7-18(24-19)25-9-1-2-15(12-25)28-20(27)13-3-4-13/h5-8,10-11,13,15H,1-4,9,12H2. The zero-order chi connectivity index (χ0) is 19.1. The fraction of sp³-hybridized carbons (Fsp3) is 0.400. The summed E-state index contributed by atoms with van der Waals surface area (Å²) >= 11 is 6.13. The van der Waals surface area contributed by atoms with E-state index in [2.05, 4.69) is 14.9 Å². The first-order chi connectivity index (χ1) is 13.7. The van der Waals surface area contributed by atoms with E-state index in [0.717, 1.165) is 49.4 Å². The molecule has 144 valence electrons. The molecule has 0 N–H and O–H groups in total. The molecule has 1 unspecified atom stereocenters. The zero-order valence-electron chi connectivity index (χ0n) is 15.3. The first-order valence-corrected chi connectivity index (χ1v) is 9.96. The van der Waals surface area contributed by atoms with Gasteiger partial charge in [-0.3, -0.25) is 9.20 Å². The molecular weight excluding hydrogens is 378 g/mol. The Labute approximate surface area is 167 Å². The van der Waals surface area contributed by atoms with Crippen molar-refractivity contribution in [2.45, 2.75) is 31.8 Å². The normalized spacial score (nSPS) is 19.8. The molecule has 0 bridgehead atoms. The predicted molar refractivity (Wildman–Crippen MR) is 105 cm³/mol. The van der Waals surface area contributed by atoms with Gasteiger partial charge < -0.3 is 9.64 Å². The van der Waals surface area contributed by atoms with Crippen LogP contribution in [0.25, 0.3) is 17.2 Å². The van der Waals surface area contributed by atoms with Crippen LogP contribution >= 0.6 is 11.6 Å². The number of rotatable bonds is 4. The summed E-state index contributed by atoms with van der Waals surface area (Å²) in [6.07, 6.45) is 9.04. The van der Waals surface area contributed by atoms with Crippen LogP contribution in [-0.4, -0.2) is 44.5 Å². The lowest BCUT2D eigenvalue weighted by Gasteiger charge is -2.33. The van der Waals surface area contributed by atoms with Gasteiger partial charge in [0.2, 0.25) is 0 Å². The number of nitrogens with zero attached hydrogens (tertiary/aromatic N) is 5. The molecule has 1 aliphatic heterocycles. The molecule has 0 aromatic carbocycles. The van der Waals surface area contributed by atoms with E-state index in [9.17, 15) is 4.79 Å². The van der Waals surface area contributed by atoms with Crippen LogP contribution in [0.5, 0.6) is 0 Å². The number of aromatic nitrogens is 4. The number of carbonyl (C=O) groups is 1. The van der Waals surface area contributed by atoms with Crippen LogP contribution in [-0.2, 0) is 9.53 Å². The molecule has 28 heavy (non-hydrogen) atoms. The van der Waals surface area contributed by atoms with Gasteiger partial charge in [0.1, 0.15) is 23.3 Å². The van der Waals surface area contributed by atoms with E-state index in [-0.39, 0.29) is 18.0 Å². The topological polar surface area (TPSA) is 72.6 Å². The van der Waals surface area contributed by atoms with Crippen molar-refractivity contribution in [3.63, 3.8) is 0 Å². The van der Waals surface area contributed by atoms with E-state index >= 15 is 0 Å². The van der Waals surface area contributed by atoms with Gasteiger partial charge in [-0.05, 0) is 43.9 Å². The zero-order valence-corrected chi connectivity index (χ0v) is 16.0. The van der Waals surface area contributed by atoms with Crippen molar-refractivity contribution in [2.75, 3.05) is 18.0 Å². The van der Waals surface area contributed by atoms with E-state index in [0.29, 0.717) is 17.4 Å². The fourth-order valence-electron chi connectivity index (χ4n) is 3.59. The molecule has 5 rings (SSSR count). The quantitative estimate of drug-likeness (QED) is 0.628. The largest absolute Gasteiger partial charge is 0.460 e. The molecule has 1 atom stereocenters. The van der Waals surface area contributed by atoms with Crippen molar-refractivity contribution in [1.29, 1.82) is 0 Å². The van der Waals surface area contributed by atoms with Crippen LogP contribution < -0.4 is 4.90 Å². The third-order valence-electron chi connectivity index (χ3n) is 5.24. The highest BCUT2D eigenvalue weighted by Crippen LogP contribution is 2.31. The summed E-state index contributed by atoms with van der Waals surface area (Å²) < 4.78 is 7.57. The molecule has 3 aromatic rings. The molecule has 4 heterocycles. The van der Waals surface area contributed by atoms with Gasteiger partial charge >= 0.3 is 5.97 Å². The van der Waals surface area contributed by atoms with Crippen molar-refractivity contribution in [3.05, 3.63) is 41.8 Å². The third kappa shape index (κ3) is 3.42. The second-order valence-corrected chi connectivity index (χ2v) is 7.82. The van der Waals surface area contributed by atoms with E-state index in [1.54, 1.807) is 12.4 Å². The first kappa shape index (κ1) is 17.4. The molecule has 7 nitrogen and oxygen atoms in total. The molecule has 2 fully saturated rings. The number of esters is 1. The highest BCUT2D eigenvalue weighted by atomic mass is 35.5. The van der Waals surface area contributed by atoms with Gasteiger partial charge in [0.05, 0.1) is 23.7 Å². The van der Waals surface area contributed by atoms with Crippen LogP contribution in [0.4, 0.5) is 5.82 Å². The van der Waals surface area contributed by atoms with Crippen molar-refractivity contribution in [3.8, 4) is 11.5 Å². The second kappa shape index (κ2) is 7.05. The fourth-order valence-corrected chi connectivity index (χ4v) is 3.75. The lowest BCUT2D eigenvalue weighted by atomic mass is 10.1. The summed E-state index contributed by atoms with van der Waals surface area (Å²) in [4.78, 5) is 27.7. The number of hydrogen-bond donors (Lipinski definition) is 0. The Morgan fingerprint density at radius 1 is 1.18 bits per heavy atom. The van der Waals surface area contributed by atoms with Crippen LogP contribution in [0.1, 0.15) is 25.7 Å². The highest BCUT2D eigenvalue weighted by molar-refractivity contribution is 6.30. The lowest BCUT2D eigenvalue weighted by molar-refractivity contribution is -0.151. The molecule has 8 heteroatoms. The number of hydrogen-bond acceptors (Lipinski definition) is 6. The Hall–Kier alpha value is -2.67. The van der Waals surface area contributed by atoms with Gasteiger partial charge in [0.25, 0.3) is 0 Å². The van der Waals surface area contributed by atoms with Crippen LogP contribution in [0, 0.1) is 5.92 Å². The summed E-state index contributed by atoms with van der Waals surface area (Å²) in [7, 11) is 0. The minimum atomic E-state index is -0.0742. The van der Waals surface area contributed by atoms with Gasteiger partial charge in [0.15, 0.2) is 5.82 Å². The summed E-state index contributed by atoms with van der Waals surface area (Å²) in [6.45, 7) is 1.54. The lowest BCUT2D eigenvalue weighted by Crippen LogP contribution is -2.41. The molecule has 3 aromatic heterocycles. The molecule has 2 aliphatic rings. The van der Waals surface area contributed by atoms with E-state index in [1.165, 1.54) is 0 Å². The van der Waals surface area contributed by atoms with Gasteiger partial charge in [-0.2, -0.15) is 0 Å². The number of ether oxygens (including phenoxy) is 1. The second-order valence-electron chi connectivity index (χ2n) is 7.38. The van der Waals surface area contributed by atoms with Gasteiger partial charge in [-0.1, -0.05) is 11.6 Å². The molecule has 0 radical (unpaired) electrons. The van der Waals surface area contributed by atoms with Crippen molar-refractivity contribution < 1.29 is 9.53 Å². The summed E-state index contributed by atoms with van der Waals surface area (Å²) in [5.41, 5.74) is 1.58. The van der Waals surface area contributed by atoms with Crippen LogP contribution in [0.2, 0.25) is 5.02 Å². The summed E-state index contributed by atoms with van der Waals surface area (Å²) in [5, 5.41) is 0.624. The number of imidazole rings is 1. The number of anilines is 1. The maximum Gasteiger partial charge on any atom is 0.309 e. The smallest absolute Gasteiger partial charge is 0.309 e. The van der Waals surface area contributed by atoms with Crippen LogP contribution in [0.15, 0.2) is 36.8 Å². The van der Waals surface area contributed by atoms with E-state index in [1.807, 2.05) is 28.8 Å². The molecule has 1 saturated carbocycles. The predicted octanol–water partition coefficient (Wildman–Crippen LogP) is 3.37. The monoisotopic (exact) mass is 397 g/mol. The molecule has 0 amide bonds. The van der Waals surface area contributed by atoms with Crippen molar-refractivity contribution in [2.24, 2.45) is 5.92 Å². The Bertz CT molecular complexity index is 1030. The molecular formula is C20H20ClN5O2. The number of pyridine rings is 1. The number of carbonyl (C=O) groups excluding carboxylic acids is 1. The summed E-state index contributed by atoms with van der Waals surface area (Å²) in [6, 6.07) is 5.56. The minimum absolute atomic E-state index is 0.0437. The van der Waals surface area contributed by atoms with E-state index in [4.69, 9.17) is 21.3 Å². The Morgan fingerprint density at radius 3 is 2.93 bits per heavy atom. The van der Waals surface area contributed by atoms with Crippen molar-refractivity contribution >= 4 is 29.0 Å². The van der Waals surface area contributed by atoms with Gasteiger partial charge in [-0.15, -0.1) is 0 Å². The summed E-state index contributed by atoms with van der Waals surface area (Å²) in [5.74, 6) is 1.50. The van der Waals surface area contributed by atoms with Crippen molar-refractivity contribution in [1.82, 2.24) is 19.4 Å². The molecule has 1 aliphatic carbocycles. The first-order valence-electron chi connectivity index (χ1n) is 9.59. The molecule has 1 saturated heterocycles. The Kier molecular flexibility index (Phi) is 4.39. The highest BCUT2D eigenvalue weighted by Gasteiger charge is 2.34. The Balaban J connectivity index is 1.39. The van der Waals surface area contributed by atoms with Gasteiger partial charge in [-0.25, -0.2) is 15.0 Å². The number of piperidine rings is 1. The number of halogens is 1. The minimum Gasteiger partial charge on any atom is -0.460 e. The van der Waals surface area contributed by atoms with Gasteiger partial charge in [0, 0.05) is 18.9 Å². The Morgan fingerprint density at radius 2 is 2.07 bits per heavy atom. The number of fused-ring (bicyclic) bond motifs is 1. The maximum absolute atomic E-state index is 12.0.